The number of benzene rings is 2. The monoisotopic (exact) mass is 400 g/mol. The first-order chi connectivity index (χ1) is 13.1. The molecule has 27 heavy (non-hydrogen) atoms. The Morgan fingerprint density at radius 1 is 1.26 bits per heavy atom. The van der Waals surface area contributed by atoms with Gasteiger partial charge in [0.15, 0.2) is 0 Å². The van der Waals surface area contributed by atoms with E-state index in [0.717, 1.165) is 43.9 Å². The summed E-state index contributed by atoms with van der Waals surface area (Å²) < 4.78 is 6.01. The average molecular weight is 401 g/mol. The van der Waals surface area contributed by atoms with Crippen LogP contribution in [0.4, 0.5) is 0 Å². The predicted molar refractivity (Wildman–Crippen MR) is 113 cm³/mol. The minimum Gasteiger partial charge on any atom is -0.493 e. The number of nitriles is 1. The summed E-state index contributed by atoms with van der Waals surface area (Å²) in [6.45, 7) is 5.07. The van der Waals surface area contributed by atoms with Gasteiger partial charge in [0.25, 0.3) is 0 Å². The molecule has 1 aliphatic heterocycles. The van der Waals surface area contributed by atoms with E-state index in [0.29, 0.717) is 22.5 Å². The second-order valence-corrected chi connectivity index (χ2v) is 8.46. The van der Waals surface area contributed by atoms with Gasteiger partial charge in [-0.15, -0.1) is 11.8 Å². The zero-order valence-electron chi connectivity index (χ0n) is 15.8. The van der Waals surface area contributed by atoms with Crippen LogP contribution in [0.2, 0.25) is 5.02 Å². The van der Waals surface area contributed by atoms with Crippen molar-refractivity contribution in [3.05, 3.63) is 58.6 Å². The van der Waals surface area contributed by atoms with E-state index in [1.807, 2.05) is 24.3 Å². The third-order valence-corrected chi connectivity index (χ3v) is 6.07. The third kappa shape index (κ3) is 5.65. The van der Waals surface area contributed by atoms with E-state index >= 15 is 0 Å². The molecule has 0 radical (unpaired) electrons. The van der Waals surface area contributed by atoms with E-state index in [4.69, 9.17) is 21.6 Å². The van der Waals surface area contributed by atoms with Crippen molar-refractivity contribution in [2.75, 3.05) is 26.0 Å². The quantitative estimate of drug-likeness (QED) is 0.593. The number of thioether (sulfide) groups is 1. The molecule has 0 aromatic heterocycles. The van der Waals surface area contributed by atoms with E-state index in [1.165, 1.54) is 4.90 Å². The number of hydrogen-bond acceptors (Lipinski definition) is 4. The molecule has 5 heteroatoms. The molecule has 1 fully saturated rings. The van der Waals surface area contributed by atoms with Gasteiger partial charge in [0.05, 0.1) is 18.2 Å². The molecule has 0 N–H and O–H groups in total. The van der Waals surface area contributed by atoms with Crippen LogP contribution in [-0.2, 0) is 6.42 Å². The zero-order chi connectivity index (χ0) is 19.2. The molecule has 2 atom stereocenters. The van der Waals surface area contributed by atoms with Crippen molar-refractivity contribution >= 4 is 23.4 Å². The van der Waals surface area contributed by atoms with Crippen molar-refractivity contribution in [1.82, 2.24) is 4.90 Å². The van der Waals surface area contributed by atoms with E-state index in [1.54, 1.807) is 17.8 Å². The van der Waals surface area contributed by atoms with E-state index in [2.05, 4.69) is 36.3 Å². The number of halogens is 1. The number of ether oxygens (including phenoxy) is 1. The highest BCUT2D eigenvalue weighted by Gasteiger charge is 2.29. The van der Waals surface area contributed by atoms with Crippen LogP contribution in [0.3, 0.4) is 0 Å². The van der Waals surface area contributed by atoms with Gasteiger partial charge in [-0.25, -0.2) is 0 Å². The largest absolute Gasteiger partial charge is 0.493 e. The minimum atomic E-state index is 0.548. The molecular weight excluding hydrogens is 376 g/mol. The van der Waals surface area contributed by atoms with Gasteiger partial charge in [-0.2, -0.15) is 5.26 Å². The summed E-state index contributed by atoms with van der Waals surface area (Å²) in [5.41, 5.74) is 1.76. The summed E-state index contributed by atoms with van der Waals surface area (Å²) in [4.78, 5) is 3.77. The first-order valence-electron chi connectivity index (χ1n) is 9.28. The summed E-state index contributed by atoms with van der Waals surface area (Å²) in [5, 5.41) is 9.73. The van der Waals surface area contributed by atoms with Gasteiger partial charge in [0.2, 0.25) is 0 Å². The van der Waals surface area contributed by atoms with Crippen LogP contribution in [0.15, 0.2) is 47.4 Å². The van der Waals surface area contributed by atoms with Crippen LogP contribution in [0, 0.1) is 17.2 Å². The lowest BCUT2D eigenvalue weighted by molar-refractivity contribution is 0.234. The first kappa shape index (κ1) is 20.1. The number of rotatable bonds is 7. The lowest BCUT2D eigenvalue weighted by atomic mass is 10.1. The van der Waals surface area contributed by atoms with Gasteiger partial charge in [0, 0.05) is 35.0 Å². The molecule has 0 aliphatic carbocycles. The summed E-state index contributed by atoms with van der Waals surface area (Å²) in [6.07, 6.45) is 4.14. The van der Waals surface area contributed by atoms with Gasteiger partial charge in [0.1, 0.15) is 5.75 Å². The Morgan fingerprint density at radius 3 is 2.74 bits per heavy atom. The van der Waals surface area contributed by atoms with Crippen LogP contribution >= 0.6 is 23.4 Å². The molecule has 2 aromatic carbocycles. The van der Waals surface area contributed by atoms with Crippen molar-refractivity contribution in [3.63, 3.8) is 0 Å². The Kier molecular flexibility index (Phi) is 7.07. The third-order valence-electron chi connectivity index (χ3n) is 5.11. The summed E-state index contributed by atoms with van der Waals surface area (Å²) in [5.74, 6) is 1.50. The molecule has 0 amide bonds. The molecule has 3 rings (SSSR count). The maximum Gasteiger partial charge on any atom is 0.119 e. The molecule has 2 aromatic rings. The van der Waals surface area contributed by atoms with Gasteiger partial charge in [-0.05, 0) is 74.0 Å². The summed E-state index contributed by atoms with van der Waals surface area (Å²) >= 11 is 7.85. The van der Waals surface area contributed by atoms with Crippen LogP contribution in [0.5, 0.6) is 5.75 Å². The van der Waals surface area contributed by atoms with E-state index < -0.39 is 0 Å². The van der Waals surface area contributed by atoms with Crippen LogP contribution < -0.4 is 4.74 Å². The van der Waals surface area contributed by atoms with Gasteiger partial charge in [-0.3, -0.25) is 4.90 Å². The molecule has 2 unspecified atom stereocenters. The highest BCUT2D eigenvalue weighted by molar-refractivity contribution is 7.98. The number of likely N-dealkylation sites (tertiary alicyclic amines) is 1. The lowest BCUT2D eigenvalue weighted by Crippen LogP contribution is -2.29. The number of hydrogen-bond donors (Lipinski definition) is 0. The molecule has 1 heterocycles. The molecule has 0 bridgehead atoms. The highest BCUT2D eigenvalue weighted by atomic mass is 35.5. The lowest BCUT2D eigenvalue weighted by Gasteiger charge is -2.21. The van der Waals surface area contributed by atoms with Gasteiger partial charge in [-0.1, -0.05) is 11.6 Å². The van der Waals surface area contributed by atoms with Gasteiger partial charge >= 0.3 is 0 Å². The van der Waals surface area contributed by atoms with E-state index in [-0.39, 0.29) is 0 Å². The SMILES string of the molecule is CSc1ccc(OCC2CC(C)N(CCc3cc(Cl)cc(C#N)c3)C2)cc1. The Morgan fingerprint density at radius 2 is 2.04 bits per heavy atom. The average Bonchev–Trinajstić information content (AvgIpc) is 3.04. The van der Waals surface area contributed by atoms with Crippen LogP contribution in [0.1, 0.15) is 24.5 Å². The summed E-state index contributed by atoms with van der Waals surface area (Å²) in [7, 11) is 0. The molecule has 142 valence electrons. The highest BCUT2D eigenvalue weighted by Crippen LogP contribution is 2.26. The molecule has 3 nitrogen and oxygen atoms in total. The molecule has 1 saturated heterocycles. The maximum atomic E-state index is 9.09. The van der Waals surface area contributed by atoms with E-state index in [9.17, 15) is 0 Å². The Balaban J connectivity index is 1.49. The maximum absolute atomic E-state index is 9.09. The molecular formula is C22H25ClN2OS. The Labute approximate surface area is 171 Å². The Bertz CT molecular complexity index is 803. The minimum absolute atomic E-state index is 0.548. The van der Waals surface area contributed by atoms with Crippen molar-refractivity contribution in [3.8, 4) is 11.8 Å². The fourth-order valence-electron chi connectivity index (χ4n) is 3.67. The topological polar surface area (TPSA) is 36.3 Å². The first-order valence-corrected chi connectivity index (χ1v) is 10.9. The predicted octanol–water partition coefficient (Wildman–Crippen LogP) is 5.27. The number of nitrogens with zero attached hydrogens (tertiary/aromatic N) is 2. The fourth-order valence-corrected chi connectivity index (χ4v) is 4.33. The van der Waals surface area contributed by atoms with Crippen molar-refractivity contribution < 1.29 is 4.74 Å². The second-order valence-electron chi connectivity index (χ2n) is 7.14. The van der Waals surface area contributed by atoms with Crippen LogP contribution in [0.25, 0.3) is 0 Å². The molecule has 1 aliphatic rings. The molecule has 0 spiro atoms. The van der Waals surface area contributed by atoms with Crippen molar-refractivity contribution in [2.24, 2.45) is 5.92 Å². The summed E-state index contributed by atoms with van der Waals surface area (Å²) in [6, 6.07) is 16.6. The standard InChI is InChI=1S/C22H25ClN2OS/c1-16-9-19(15-26-21-3-5-22(27-2)6-4-21)14-25(16)8-7-17-10-18(13-24)12-20(23)11-17/h3-6,10-12,16,19H,7-9,14-15H2,1-2H3. The van der Waals surface area contributed by atoms with Crippen LogP contribution in [-0.4, -0.2) is 36.9 Å². The van der Waals surface area contributed by atoms with Crippen molar-refractivity contribution in [1.29, 1.82) is 5.26 Å². The Hall–Kier alpha value is -1.67. The zero-order valence-corrected chi connectivity index (χ0v) is 17.4. The fraction of sp³-hybridized carbons (Fsp3) is 0.409. The second kappa shape index (κ2) is 9.50. The van der Waals surface area contributed by atoms with Crippen molar-refractivity contribution in [2.45, 2.75) is 30.7 Å². The molecule has 0 saturated carbocycles. The smallest absolute Gasteiger partial charge is 0.119 e. The van der Waals surface area contributed by atoms with Gasteiger partial charge < -0.3 is 4.74 Å². The normalized spacial score (nSPS) is 19.8.